The molecule has 0 spiro atoms. The van der Waals surface area contributed by atoms with E-state index in [9.17, 15) is 8.78 Å². The lowest BCUT2D eigenvalue weighted by Gasteiger charge is -2.06. The number of nitrogens with one attached hydrogen (secondary N) is 1. The van der Waals surface area contributed by atoms with E-state index in [0.29, 0.717) is 22.6 Å². The lowest BCUT2D eigenvalue weighted by Crippen LogP contribution is -2.02. The zero-order valence-corrected chi connectivity index (χ0v) is 13.6. The minimum absolute atomic E-state index is 0.00915. The second kappa shape index (κ2) is 5.84. The van der Waals surface area contributed by atoms with Crippen molar-refractivity contribution in [3.63, 3.8) is 0 Å². The lowest BCUT2D eigenvalue weighted by atomic mass is 10.1. The van der Waals surface area contributed by atoms with Crippen LogP contribution in [0.4, 0.5) is 8.78 Å². The number of pyridine rings is 1. The Labute approximate surface area is 141 Å². The number of hydrogen-bond acceptors (Lipinski definition) is 4. The number of benzene rings is 1. The van der Waals surface area contributed by atoms with Gasteiger partial charge in [0.05, 0.1) is 5.52 Å². The molecule has 128 valence electrons. The van der Waals surface area contributed by atoms with Gasteiger partial charge in [0.1, 0.15) is 11.6 Å². The number of rotatable bonds is 4. The van der Waals surface area contributed by atoms with E-state index in [4.69, 9.17) is 4.42 Å². The van der Waals surface area contributed by atoms with Crippen molar-refractivity contribution in [2.24, 2.45) is 0 Å². The molecule has 1 aromatic carbocycles. The fraction of sp³-hybridized carbons (Fsp3) is 0.222. The number of imidazole rings is 1. The van der Waals surface area contributed by atoms with Gasteiger partial charge in [0.15, 0.2) is 17.0 Å². The van der Waals surface area contributed by atoms with Crippen LogP contribution in [0, 0.1) is 0 Å². The number of ether oxygens (including phenoxy) is 1. The summed E-state index contributed by atoms with van der Waals surface area (Å²) in [4.78, 5) is 11.9. The molecule has 3 aromatic heterocycles. The molecule has 0 radical (unpaired) electrons. The molecule has 4 rings (SSSR count). The largest absolute Gasteiger partial charge is 0.457 e. The smallest absolute Gasteiger partial charge is 0.387 e. The van der Waals surface area contributed by atoms with Crippen molar-refractivity contribution < 1.29 is 17.9 Å². The molecule has 0 saturated carbocycles. The Bertz CT molecular complexity index is 1020. The molecule has 0 aliphatic rings. The number of alkyl halides is 2. The monoisotopic (exact) mass is 343 g/mol. The van der Waals surface area contributed by atoms with Crippen LogP contribution in [0.5, 0.6) is 5.75 Å². The molecule has 0 unspecified atom stereocenters. The number of nitrogens with zero attached hydrogens (tertiary/aromatic N) is 2. The fourth-order valence-electron chi connectivity index (χ4n) is 2.77. The Morgan fingerprint density at radius 3 is 2.76 bits per heavy atom. The number of hydrogen-bond donors (Lipinski definition) is 1. The maximum Gasteiger partial charge on any atom is 0.387 e. The molecule has 1 N–H and O–H groups in total. The van der Waals surface area contributed by atoms with Crippen LogP contribution in [-0.2, 0) is 0 Å². The van der Waals surface area contributed by atoms with Crippen LogP contribution in [0.2, 0.25) is 0 Å². The molecular weight excluding hydrogens is 328 g/mol. The summed E-state index contributed by atoms with van der Waals surface area (Å²) >= 11 is 0. The first-order valence-corrected chi connectivity index (χ1v) is 7.85. The van der Waals surface area contributed by atoms with E-state index in [-0.39, 0.29) is 17.3 Å². The Hall–Kier alpha value is -2.96. The fourth-order valence-corrected chi connectivity index (χ4v) is 2.77. The van der Waals surface area contributed by atoms with E-state index in [1.807, 2.05) is 32.0 Å². The summed E-state index contributed by atoms with van der Waals surface area (Å²) in [6.45, 7) is 1.02. The Morgan fingerprint density at radius 1 is 1.20 bits per heavy atom. The maximum atomic E-state index is 12.7. The highest BCUT2D eigenvalue weighted by Gasteiger charge is 2.19. The van der Waals surface area contributed by atoms with Crippen LogP contribution in [0.1, 0.15) is 25.5 Å². The van der Waals surface area contributed by atoms with Gasteiger partial charge in [-0.2, -0.15) is 8.78 Å². The van der Waals surface area contributed by atoms with Gasteiger partial charge in [-0.15, -0.1) is 0 Å². The van der Waals surface area contributed by atoms with Gasteiger partial charge in [0.25, 0.3) is 0 Å². The normalized spacial score (nSPS) is 11.9. The molecule has 25 heavy (non-hydrogen) atoms. The third-order valence-corrected chi connectivity index (χ3v) is 3.96. The van der Waals surface area contributed by atoms with Crippen molar-refractivity contribution in [3.05, 3.63) is 42.3 Å². The predicted molar refractivity (Wildman–Crippen MR) is 89.8 cm³/mol. The van der Waals surface area contributed by atoms with Gasteiger partial charge in [-0.1, -0.05) is 13.8 Å². The molecule has 0 atom stereocenters. The number of aromatic amines is 1. The summed E-state index contributed by atoms with van der Waals surface area (Å²) in [7, 11) is 0. The molecule has 0 saturated heterocycles. The quantitative estimate of drug-likeness (QED) is 0.560. The van der Waals surface area contributed by atoms with Gasteiger partial charge < -0.3 is 14.1 Å². The highest BCUT2D eigenvalue weighted by Crippen LogP contribution is 2.38. The van der Waals surface area contributed by atoms with Gasteiger partial charge in [-0.25, -0.2) is 9.97 Å². The third-order valence-electron chi connectivity index (χ3n) is 3.96. The Kier molecular flexibility index (Phi) is 3.63. The summed E-state index contributed by atoms with van der Waals surface area (Å²) in [5.74, 6) is 1.40. The van der Waals surface area contributed by atoms with E-state index >= 15 is 0 Å². The average Bonchev–Trinajstić information content (AvgIpc) is 3.19. The van der Waals surface area contributed by atoms with E-state index in [2.05, 4.69) is 19.7 Å². The topological polar surface area (TPSA) is 63.9 Å². The summed E-state index contributed by atoms with van der Waals surface area (Å²) in [5.41, 5.74) is 2.41. The number of H-pyrrole nitrogens is 1. The Morgan fingerprint density at radius 2 is 2.04 bits per heavy atom. The first kappa shape index (κ1) is 15.6. The molecule has 0 fully saturated rings. The third kappa shape index (κ3) is 2.71. The Balaban J connectivity index is 1.94. The van der Waals surface area contributed by atoms with Crippen molar-refractivity contribution in [2.75, 3.05) is 0 Å². The highest BCUT2D eigenvalue weighted by molar-refractivity contribution is 5.97. The summed E-state index contributed by atoms with van der Waals surface area (Å²) in [5, 5.41) is 0.668. The van der Waals surface area contributed by atoms with E-state index in [1.54, 1.807) is 12.3 Å². The average molecular weight is 343 g/mol. The number of aromatic nitrogens is 3. The first-order valence-electron chi connectivity index (χ1n) is 7.85. The van der Waals surface area contributed by atoms with Crippen molar-refractivity contribution in [3.8, 4) is 17.1 Å². The molecule has 0 aliphatic carbocycles. The van der Waals surface area contributed by atoms with Crippen LogP contribution in [-0.4, -0.2) is 21.6 Å². The van der Waals surface area contributed by atoms with Crippen LogP contribution < -0.4 is 4.74 Å². The number of furan rings is 1. The minimum Gasteiger partial charge on any atom is -0.457 e. The van der Waals surface area contributed by atoms with Gasteiger partial charge in [-0.05, 0) is 30.3 Å². The van der Waals surface area contributed by atoms with Crippen LogP contribution in [0.3, 0.4) is 0 Å². The number of fused-ring (bicyclic) bond motifs is 2. The van der Waals surface area contributed by atoms with Crippen LogP contribution in [0.15, 0.2) is 40.9 Å². The predicted octanol–water partition coefficient (Wildman–Crippen LogP) is 5.10. The zero-order chi connectivity index (χ0) is 17.6. The van der Waals surface area contributed by atoms with Crippen LogP contribution in [0.25, 0.3) is 33.5 Å². The van der Waals surface area contributed by atoms with E-state index in [0.717, 1.165) is 11.1 Å². The van der Waals surface area contributed by atoms with Gasteiger partial charge >= 0.3 is 6.61 Å². The molecule has 4 aromatic rings. The summed E-state index contributed by atoms with van der Waals surface area (Å²) < 4.78 is 35.8. The van der Waals surface area contributed by atoms with Gasteiger partial charge in [0.2, 0.25) is 0 Å². The molecule has 7 heteroatoms. The lowest BCUT2D eigenvalue weighted by molar-refractivity contribution is -0.0494. The zero-order valence-electron chi connectivity index (χ0n) is 13.6. The van der Waals surface area contributed by atoms with Gasteiger partial charge in [-0.3, -0.25) is 0 Å². The maximum absolute atomic E-state index is 12.7. The number of halogens is 2. The summed E-state index contributed by atoms with van der Waals surface area (Å²) in [6, 6.07) is 8.69. The second-order valence-corrected chi connectivity index (χ2v) is 6.00. The standard InChI is InChI=1S/C18H15F2N3O2/c1-9(2)14-8-11-10(5-6-13(15(11)24-14)25-18(19)20)16-22-12-4-3-7-21-17(12)23-16/h3-9,18H,1-2H3,(H,21,22,23). The van der Waals surface area contributed by atoms with Crippen molar-refractivity contribution >= 4 is 22.1 Å². The molecule has 0 amide bonds. The molecule has 0 bridgehead atoms. The van der Waals surface area contributed by atoms with Crippen LogP contribution >= 0.6 is 0 Å². The first-order chi connectivity index (χ1) is 12.0. The highest BCUT2D eigenvalue weighted by atomic mass is 19.3. The molecular formula is C18H15F2N3O2. The van der Waals surface area contributed by atoms with E-state index in [1.165, 1.54) is 6.07 Å². The van der Waals surface area contributed by atoms with E-state index < -0.39 is 6.61 Å². The molecule has 3 heterocycles. The SMILES string of the molecule is CC(C)c1cc2c(-c3nc4ncccc4[nH]3)ccc(OC(F)F)c2o1. The van der Waals surface area contributed by atoms with Crippen molar-refractivity contribution in [1.29, 1.82) is 0 Å². The molecule has 0 aliphatic heterocycles. The van der Waals surface area contributed by atoms with Gasteiger partial charge in [0, 0.05) is 23.1 Å². The summed E-state index contributed by atoms with van der Waals surface area (Å²) in [6.07, 6.45) is 1.66. The van der Waals surface area contributed by atoms with Crippen molar-refractivity contribution in [1.82, 2.24) is 15.0 Å². The van der Waals surface area contributed by atoms with Crippen molar-refractivity contribution in [2.45, 2.75) is 26.4 Å². The second-order valence-electron chi connectivity index (χ2n) is 6.00. The molecule has 5 nitrogen and oxygen atoms in total. The minimum atomic E-state index is -2.92.